The van der Waals surface area contributed by atoms with E-state index in [1.165, 1.54) is 0 Å². The molecule has 108 valence electrons. The third-order valence-corrected chi connectivity index (χ3v) is 3.51. The lowest BCUT2D eigenvalue weighted by atomic mass is 10.1. The molecule has 5 nitrogen and oxygen atoms in total. The Kier molecular flexibility index (Phi) is 6.24. The Hall–Kier alpha value is -1.82. The molecule has 20 heavy (non-hydrogen) atoms. The van der Waals surface area contributed by atoms with Crippen LogP contribution in [0.3, 0.4) is 0 Å². The molecule has 0 aliphatic rings. The highest BCUT2D eigenvalue weighted by Crippen LogP contribution is 2.13. The van der Waals surface area contributed by atoms with Gasteiger partial charge in [-0.15, -0.1) is 0 Å². The summed E-state index contributed by atoms with van der Waals surface area (Å²) in [5.41, 5.74) is 0.467. The van der Waals surface area contributed by atoms with E-state index in [0.29, 0.717) is 17.3 Å². The summed E-state index contributed by atoms with van der Waals surface area (Å²) in [6.45, 7) is 3.60. The Morgan fingerprint density at radius 3 is 2.30 bits per heavy atom. The summed E-state index contributed by atoms with van der Waals surface area (Å²) in [6.07, 6.45) is 0. The van der Waals surface area contributed by atoms with Gasteiger partial charge in [0.05, 0.1) is 5.75 Å². The molecule has 1 rings (SSSR count). The molecule has 0 unspecified atom stereocenters. The summed E-state index contributed by atoms with van der Waals surface area (Å²) in [5, 5.41) is 10.9. The predicted octanol–water partition coefficient (Wildman–Crippen LogP) is 1.79. The van der Waals surface area contributed by atoms with Crippen molar-refractivity contribution in [2.24, 2.45) is 5.92 Å². The van der Waals surface area contributed by atoms with Crippen molar-refractivity contribution >= 4 is 28.8 Å². The Bertz CT molecular complexity index is 487. The number of benzene rings is 1. The van der Waals surface area contributed by atoms with Crippen molar-refractivity contribution < 1.29 is 19.5 Å². The van der Waals surface area contributed by atoms with Gasteiger partial charge in [-0.1, -0.05) is 43.8 Å². The van der Waals surface area contributed by atoms with Crippen LogP contribution in [0.4, 0.5) is 0 Å². The monoisotopic (exact) mass is 295 g/mol. The Balaban J connectivity index is 2.70. The van der Waals surface area contributed by atoms with Crippen LogP contribution in [-0.4, -0.2) is 33.9 Å². The molecule has 0 fully saturated rings. The lowest BCUT2D eigenvalue weighted by Gasteiger charge is -2.20. The number of thioether (sulfide) groups is 1. The first kappa shape index (κ1) is 16.2. The molecule has 0 saturated carbocycles. The van der Waals surface area contributed by atoms with E-state index in [0.717, 1.165) is 0 Å². The fourth-order valence-electron chi connectivity index (χ4n) is 1.53. The number of rotatable bonds is 6. The molecular weight excluding hydrogens is 278 g/mol. The molecule has 0 heterocycles. The summed E-state index contributed by atoms with van der Waals surface area (Å²) in [7, 11) is 0. The first-order chi connectivity index (χ1) is 9.41. The van der Waals surface area contributed by atoms with Crippen LogP contribution in [0.1, 0.15) is 24.2 Å². The molecule has 0 radical (unpaired) electrons. The second-order valence-electron chi connectivity index (χ2n) is 4.56. The summed E-state index contributed by atoms with van der Waals surface area (Å²) in [6, 6.07) is 7.88. The van der Waals surface area contributed by atoms with Gasteiger partial charge >= 0.3 is 5.97 Å². The van der Waals surface area contributed by atoms with Crippen LogP contribution in [0.2, 0.25) is 0 Å². The molecule has 0 saturated heterocycles. The normalized spacial score (nSPS) is 11.9. The van der Waals surface area contributed by atoms with Gasteiger partial charge in [0.15, 0.2) is 0 Å². The Labute approximate surface area is 121 Å². The number of amides is 1. The number of carbonyl (C=O) groups excluding carboxylic acids is 2. The number of nitrogens with one attached hydrogen (secondary N) is 1. The van der Waals surface area contributed by atoms with Crippen LogP contribution in [0, 0.1) is 5.92 Å². The highest BCUT2D eigenvalue weighted by Gasteiger charge is 2.25. The average Bonchev–Trinajstić information content (AvgIpc) is 2.42. The van der Waals surface area contributed by atoms with Crippen molar-refractivity contribution in [3.8, 4) is 0 Å². The van der Waals surface area contributed by atoms with Crippen molar-refractivity contribution in [2.75, 3.05) is 5.75 Å². The Morgan fingerprint density at radius 2 is 1.80 bits per heavy atom. The number of hydrogen-bond donors (Lipinski definition) is 2. The van der Waals surface area contributed by atoms with Gasteiger partial charge < -0.3 is 10.4 Å². The topological polar surface area (TPSA) is 83.5 Å². The lowest BCUT2D eigenvalue weighted by Crippen LogP contribution is -2.43. The van der Waals surface area contributed by atoms with Crippen molar-refractivity contribution in [1.82, 2.24) is 5.32 Å². The van der Waals surface area contributed by atoms with Gasteiger partial charge in [0.2, 0.25) is 5.12 Å². The molecule has 1 atom stereocenters. The molecule has 0 aliphatic heterocycles. The number of carbonyl (C=O) groups is 3. The minimum atomic E-state index is -1.06. The van der Waals surface area contributed by atoms with Gasteiger partial charge in [0, 0.05) is 5.56 Å². The van der Waals surface area contributed by atoms with Gasteiger partial charge in [-0.05, 0) is 18.1 Å². The molecule has 0 bridgehead atoms. The van der Waals surface area contributed by atoms with E-state index in [1.807, 2.05) is 0 Å². The fourth-order valence-corrected chi connectivity index (χ4v) is 2.31. The van der Waals surface area contributed by atoms with Crippen molar-refractivity contribution in [2.45, 2.75) is 19.9 Å². The number of hydrogen-bond acceptors (Lipinski definition) is 4. The number of aliphatic carboxylic acids is 1. The summed E-state index contributed by atoms with van der Waals surface area (Å²) < 4.78 is 0. The standard InChI is InChI=1S/C14H17NO4S/c1-9(2)12(14(19)20-8-11(16)17)15-13(18)10-6-4-3-5-7-10/h3-7,9,12H,8H2,1-2H3,(H,15,18)(H,16,17)/t12-/m0/s1. The van der Waals surface area contributed by atoms with Gasteiger partial charge in [-0.3, -0.25) is 14.4 Å². The van der Waals surface area contributed by atoms with Crippen LogP contribution in [-0.2, 0) is 9.59 Å². The van der Waals surface area contributed by atoms with Gasteiger partial charge in [-0.25, -0.2) is 0 Å². The van der Waals surface area contributed by atoms with Crippen molar-refractivity contribution in [1.29, 1.82) is 0 Å². The molecule has 2 N–H and O–H groups in total. The first-order valence-electron chi connectivity index (χ1n) is 6.16. The quantitative estimate of drug-likeness (QED) is 0.836. The van der Waals surface area contributed by atoms with E-state index in [9.17, 15) is 14.4 Å². The molecule has 1 aromatic carbocycles. The minimum absolute atomic E-state index is 0.114. The second kappa shape index (κ2) is 7.69. The number of carboxylic acid groups (broad SMARTS) is 1. The smallest absolute Gasteiger partial charge is 0.313 e. The van der Waals surface area contributed by atoms with E-state index >= 15 is 0 Å². The molecule has 6 heteroatoms. The maximum absolute atomic E-state index is 12.0. The van der Waals surface area contributed by atoms with E-state index in [2.05, 4.69) is 5.32 Å². The zero-order valence-corrected chi connectivity index (χ0v) is 12.1. The third kappa shape index (κ3) is 5.05. The summed E-state index contributed by atoms with van der Waals surface area (Å²) >= 11 is 0.705. The SMILES string of the molecule is CC(C)[C@H](NC(=O)c1ccccc1)C(=O)SCC(=O)O. The van der Waals surface area contributed by atoms with Crippen molar-refractivity contribution in [3.05, 3.63) is 35.9 Å². The van der Waals surface area contributed by atoms with Crippen LogP contribution in [0.5, 0.6) is 0 Å². The molecule has 0 aliphatic carbocycles. The average molecular weight is 295 g/mol. The number of carboxylic acids is 1. The van der Waals surface area contributed by atoms with E-state index in [1.54, 1.807) is 44.2 Å². The largest absolute Gasteiger partial charge is 0.481 e. The second-order valence-corrected chi connectivity index (χ2v) is 5.54. The zero-order valence-electron chi connectivity index (χ0n) is 11.3. The summed E-state index contributed by atoms with van der Waals surface area (Å²) in [4.78, 5) is 34.4. The lowest BCUT2D eigenvalue weighted by molar-refractivity contribution is -0.134. The van der Waals surface area contributed by atoms with Crippen LogP contribution < -0.4 is 5.32 Å². The maximum atomic E-state index is 12.0. The minimum Gasteiger partial charge on any atom is -0.481 e. The predicted molar refractivity (Wildman–Crippen MR) is 77.6 cm³/mol. The molecule has 1 aromatic rings. The molecule has 1 amide bonds. The van der Waals surface area contributed by atoms with E-state index in [4.69, 9.17) is 5.11 Å². The molecular formula is C14H17NO4S. The van der Waals surface area contributed by atoms with E-state index < -0.39 is 12.0 Å². The molecule has 0 spiro atoms. The third-order valence-electron chi connectivity index (χ3n) is 2.58. The van der Waals surface area contributed by atoms with Crippen molar-refractivity contribution in [3.63, 3.8) is 0 Å². The maximum Gasteiger partial charge on any atom is 0.313 e. The van der Waals surface area contributed by atoms with Crippen LogP contribution in [0.15, 0.2) is 30.3 Å². The van der Waals surface area contributed by atoms with Gasteiger partial charge in [0.25, 0.3) is 5.91 Å². The Morgan fingerprint density at radius 1 is 1.20 bits per heavy atom. The molecule has 0 aromatic heterocycles. The van der Waals surface area contributed by atoms with Crippen LogP contribution >= 0.6 is 11.8 Å². The van der Waals surface area contributed by atoms with Gasteiger partial charge in [0.1, 0.15) is 6.04 Å². The first-order valence-corrected chi connectivity index (χ1v) is 7.14. The highest BCUT2D eigenvalue weighted by molar-refractivity contribution is 8.14. The van der Waals surface area contributed by atoms with Crippen LogP contribution in [0.25, 0.3) is 0 Å². The zero-order chi connectivity index (χ0) is 15.1. The fraction of sp³-hybridized carbons (Fsp3) is 0.357. The van der Waals surface area contributed by atoms with E-state index in [-0.39, 0.29) is 22.7 Å². The summed E-state index contributed by atoms with van der Waals surface area (Å²) in [5.74, 6) is -1.81. The highest BCUT2D eigenvalue weighted by atomic mass is 32.2. The van der Waals surface area contributed by atoms with Gasteiger partial charge in [-0.2, -0.15) is 0 Å².